The van der Waals surface area contributed by atoms with Gasteiger partial charge in [-0.2, -0.15) is 10.2 Å². The number of rotatable bonds is 2. The first kappa shape index (κ1) is 19.0. The van der Waals surface area contributed by atoms with Crippen LogP contribution in [-0.4, -0.2) is 14.5 Å². The molecule has 1 aliphatic rings. The van der Waals surface area contributed by atoms with Crippen molar-refractivity contribution < 1.29 is 0 Å². The molecule has 152 valence electrons. The van der Waals surface area contributed by atoms with Gasteiger partial charge in [0.05, 0.1) is 28.8 Å². The first-order valence-electron chi connectivity index (χ1n) is 9.59. The van der Waals surface area contributed by atoms with E-state index in [9.17, 15) is 10.1 Å². The van der Waals surface area contributed by atoms with E-state index in [2.05, 4.69) is 21.4 Å². The summed E-state index contributed by atoms with van der Waals surface area (Å²) >= 11 is 6.08. The van der Waals surface area contributed by atoms with Gasteiger partial charge in [-0.1, -0.05) is 41.9 Å². The van der Waals surface area contributed by atoms with E-state index in [0.29, 0.717) is 27.7 Å². The number of fused-ring (bicyclic) bond motifs is 2. The van der Waals surface area contributed by atoms with Crippen molar-refractivity contribution in [3.05, 3.63) is 92.4 Å². The lowest BCUT2D eigenvalue weighted by Gasteiger charge is -2.27. The molecule has 2 aromatic carbocycles. The van der Waals surface area contributed by atoms with Gasteiger partial charge in [0.25, 0.3) is 5.56 Å². The molecule has 0 bridgehead atoms. The monoisotopic (exact) mass is 428 g/mol. The van der Waals surface area contributed by atoms with Crippen molar-refractivity contribution in [2.75, 3.05) is 11.1 Å². The van der Waals surface area contributed by atoms with E-state index in [1.54, 1.807) is 12.1 Å². The van der Waals surface area contributed by atoms with E-state index in [-0.39, 0.29) is 11.5 Å². The molecule has 1 atom stereocenters. The number of aromatic amines is 1. The highest BCUT2D eigenvalue weighted by Gasteiger charge is 2.34. The Balaban J connectivity index is 1.85. The topological polar surface area (TPSA) is 113 Å². The van der Waals surface area contributed by atoms with Crippen LogP contribution in [0.5, 0.6) is 0 Å². The standard InChI is InChI=1S/C23H17ClN6O/c1-30-11-16(14-4-2-3-5-17(14)30)20-15(10-25)18(12-6-8-13(24)9-7-12)19-21(27-20)28-23(26)29-22(19)31/h2-9,11,18H,1H3,(H4,26,27,28,29,31). The smallest absolute Gasteiger partial charge is 0.258 e. The van der Waals surface area contributed by atoms with Gasteiger partial charge < -0.3 is 15.6 Å². The van der Waals surface area contributed by atoms with E-state index in [4.69, 9.17) is 17.3 Å². The van der Waals surface area contributed by atoms with Crippen molar-refractivity contribution in [3.63, 3.8) is 0 Å². The fraction of sp³-hybridized carbons (Fsp3) is 0.0870. The Morgan fingerprint density at radius 2 is 1.94 bits per heavy atom. The van der Waals surface area contributed by atoms with Gasteiger partial charge in [0.1, 0.15) is 5.82 Å². The summed E-state index contributed by atoms with van der Waals surface area (Å²) in [7, 11) is 1.95. The van der Waals surface area contributed by atoms with Gasteiger partial charge in [0.2, 0.25) is 5.95 Å². The third-order valence-electron chi connectivity index (χ3n) is 5.55. The van der Waals surface area contributed by atoms with Gasteiger partial charge in [0, 0.05) is 34.7 Å². The number of H-pyrrole nitrogens is 1. The maximum atomic E-state index is 12.9. The summed E-state index contributed by atoms with van der Waals surface area (Å²) in [4.78, 5) is 19.8. The van der Waals surface area contributed by atoms with E-state index in [1.807, 2.05) is 54.2 Å². The molecular weight excluding hydrogens is 412 g/mol. The lowest BCUT2D eigenvalue weighted by atomic mass is 9.81. The molecule has 0 spiro atoms. The number of nitrogens with two attached hydrogens (primary N) is 1. The number of nitriles is 1. The number of nitrogens with zero attached hydrogens (tertiary/aromatic N) is 3. The van der Waals surface area contributed by atoms with E-state index < -0.39 is 5.92 Å². The minimum Gasteiger partial charge on any atom is -0.369 e. The van der Waals surface area contributed by atoms with Crippen LogP contribution < -0.4 is 16.6 Å². The summed E-state index contributed by atoms with van der Waals surface area (Å²) in [5.41, 5.74) is 9.43. The molecule has 0 fully saturated rings. The summed E-state index contributed by atoms with van der Waals surface area (Å²) in [6, 6.07) is 17.4. The zero-order valence-electron chi connectivity index (χ0n) is 16.5. The third kappa shape index (κ3) is 2.97. The van der Waals surface area contributed by atoms with Gasteiger partial charge >= 0.3 is 0 Å². The molecule has 5 rings (SSSR count). The molecule has 0 saturated carbocycles. The fourth-order valence-electron chi connectivity index (χ4n) is 4.20. The molecule has 4 aromatic rings. The summed E-state index contributed by atoms with van der Waals surface area (Å²) < 4.78 is 2.00. The number of nitrogen functional groups attached to an aromatic ring is 1. The second-order valence-electron chi connectivity index (χ2n) is 7.39. The molecule has 0 amide bonds. The van der Waals surface area contributed by atoms with Crippen LogP contribution in [0.4, 0.5) is 11.8 Å². The van der Waals surface area contributed by atoms with Crippen LogP contribution in [0.25, 0.3) is 16.6 Å². The van der Waals surface area contributed by atoms with Gasteiger partial charge in [-0.3, -0.25) is 9.78 Å². The first-order chi connectivity index (χ1) is 15.0. The van der Waals surface area contributed by atoms with Gasteiger partial charge in [-0.15, -0.1) is 0 Å². The molecule has 3 heterocycles. The second-order valence-corrected chi connectivity index (χ2v) is 7.83. The maximum Gasteiger partial charge on any atom is 0.258 e. The molecule has 0 radical (unpaired) electrons. The molecule has 7 nitrogen and oxygen atoms in total. The van der Waals surface area contributed by atoms with Crippen LogP contribution in [-0.2, 0) is 7.05 Å². The maximum absolute atomic E-state index is 12.9. The number of anilines is 2. The van der Waals surface area contributed by atoms with Crippen LogP contribution >= 0.6 is 11.6 Å². The number of hydrogen-bond donors (Lipinski definition) is 3. The quantitative estimate of drug-likeness (QED) is 0.447. The SMILES string of the molecule is Cn1cc(C2=C(C#N)C(c3ccc(Cl)cc3)c3c(nc(N)[nH]c3=O)N2)c2ccccc21. The predicted molar refractivity (Wildman–Crippen MR) is 122 cm³/mol. The van der Waals surface area contributed by atoms with Crippen LogP contribution in [0, 0.1) is 11.3 Å². The number of hydrogen-bond acceptors (Lipinski definition) is 5. The molecular formula is C23H17ClN6O. The molecule has 1 aliphatic heterocycles. The molecule has 1 unspecified atom stereocenters. The Hall–Kier alpha value is -4.02. The van der Waals surface area contributed by atoms with Crippen LogP contribution in [0.2, 0.25) is 5.02 Å². The second kappa shape index (κ2) is 7.04. The number of nitrogens with one attached hydrogen (secondary N) is 2. The van der Waals surface area contributed by atoms with E-state index in [0.717, 1.165) is 22.0 Å². The van der Waals surface area contributed by atoms with Crippen molar-refractivity contribution in [2.45, 2.75) is 5.92 Å². The lowest BCUT2D eigenvalue weighted by molar-refractivity contribution is 0.913. The number of halogens is 1. The highest BCUT2D eigenvalue weighted by Crippen LogP contribution is 2.43. The van der Waals surface area contributed by atoms with Crippen molar-refractivity contribution in [1.29, 1.82) is 5.26 Å². The highest BCUT2D eigenvalue weighted by atomic mass is 35.5. The zero-order valence-corrected chi connectivity index (χ0v) is 17.2. The zero-order chi connectivity index (χ0) is 21.7. The lowest BCUT2D eigenvalue weighted by Crippen LogP contribution is -2.28. The van der Waals surface area contributed by atoms with Crippen LogP contribution in [0.1, 0.15) is 22.6 Å². The molecule has 0 saturated heterocycles. The Morgan fingerprint density at radius 3 is 2.68 bits per heavy atom. The van der Waals surface area contributed by atoms with Gasteiger partial charge in [-0.25, -0.2) is 0 Å². The number of allylic oxidation sites excluding steroid dienone is 1. The van der Waals surface area contributed by atoms with Gasteiger partial charge in [-0.05, 0) is 23.8 Å². The number of benzene rings is 2. The Kier molecular flexibility index (Phi) is 4.31. The minimum atomic E-state index is -0.621. The molecule has 8 heteroatoms. The number of aryl methyl sites for hydroxylation is 1. The molecule has 31 heavy (non-hydrogen) atoms. The summed E-state index contributed by atoms with van der Waals surface area (Å²) in [6.45, 7) is 0. The highest BCUT2D eigenvalue weighted by molar-refractivity contribution is 6.30. The van der Waals surface area contributed by atoms with Gasteiger partial charge in [0.15, 0.2) is 0 Å². The largest absolute Gasteiger partial charge is 0.369 e. The van der Waals surface area contributed by atoms with Crippen LogP contribution in [0.3, 0.4) is 0 Å². The summed E-state index contributed by atoms with van der Waals surface area (Å²) in [5.74, 6) is -0.281. The average molecular weight is 429 g/mol. The number of aromatic nitrogens is 3. The number of para-hydroxylation sites is 1. The minimum absolute atomic E-state index is 0.00350. The van der Waals surface area contributed by atoms with Crippen molar-refractivity contribution in [3.8, 4) is 6.07 Å². The van der Waals surface area contributed by atoms with Crippen molar-refractivity contribution >= 4 is 40.0 Å². The van der Waals surface area contributed by atoms with E-state index >= 15 is 0 Å². The normalized spacial score (nSPS) is 15.5. The molecule has 0 aliphatic carbocycles. The average Bonchev–Trinajstić information content (AvgIpc) is 3.09. The first-order valence-corrected chi connectivity index (χ1v) is 9.96. The molecule has 2 aromatic heterocycles. The third-order valence-corrected chi connectivity index (χ3v) is 5.81. The molecule has 4 N–H and O–H groups in total. The van der Waals surface area contributed by atoms with Crippen LogP contribution in [0.15, 0.2) is 65.1 Å². The Bertz CT molecular complexity index is 1470. The Labute approximate surface area is 182 Å². The summed E-state index contributed by atoms with van der Waals surface area (Å²) in [5, 5.41) is 15.0. The Morgan fingerprint density at radius 1 is 1.19 bits per heavy atom. The van der Waals surface area contributed by atoms with Crippen molar-refractivity contribution in [2.24, 2.45) is 7.05 Å². The van der Waals surface area contributed by atoms with E-state index in [1.165, 1.54) is 0 Å². The van der Waals surface area contributed by atoms with Crippen molar-refractivity contribution in [1.82, 2.24) is 14.5 Å². The summed E-state index contributed by atoms with van der Waals surface area (Å²) in [6.07, 6.45) is 1.96. The fourth-order valence-corrected chi connectivity index (χ4v) is 4.33. The predicted octanol–water partition coefficient (Wildman–Crippen LogP) is 3.99.